The average Bonchev–Trinajstić information content (AvgIpc) is 3.36. The van der Waals surface area contributed by atoms with Crippen LogP contribution in [-0.4, -0.2) is 39.2 Å². The summed E-state index contributed by atoms with van der Waals surface area (Å²) in [6.45, 7) is 3.76. The molecule has 0 spiro atoms. The first-order valence-corrected chi connectivity index (χ1v) is 9.95. The van der Waals surface area contributed by atoms with E-state index in [2.05, 4.69) is 15.4 Å². The molecule has 2 amide bonds. The lowest BCUT2D eigenvalue weighted by molar-refractivity contribution is -0.137. The van der Waals surface area contributed by atoms with Crippen molar-refractivity contribution in [2.24, 2.45) is 0 Å². The number of anilines is 1. The molecule has 10 heteroatoms. The quantitative estimate of drug-likeness (QED) is 0.671. The number of hydrogen-bond acceptors (Lipinski definition) is 4. The summed E-state index contributed by atoms with van der Waals surface area (Å²) in [7, 11) is 0. The van der Waals surface area contributed by atoms with Crippen LogP contribution in [0.3, 0.4) is 0 Å². The van der Waals surface area contributed by atoms with Gasteiger partial charge in [-0.05, 0) is 44.0 Å². The summed E-state index contributed by atoms with van der Waals surface area (Å²) >= 11 is 0. The molecule has 0 fully saturated rings. The summed E-state index contributed by atoms with van der Waals surface area (Å²) in [5, 5.41) is 6.76. The van der Waals surface area contributed by atoms with Crippen LogP contribution in [0.5, 0.6) is 0 Å². The number of halogens is 3. The molecule has 2 aromatic heterocycles. The first-order chi connectivity index (χ1) is 15.2. The molecule has 0 bridgehead atoms. The van der Waals surface area contributed by atoms with Crippen molar-refractivity contribution in [3.8, 4) is 5.82 Å². The van der Waals surface area contributed by atoms with Gasteiger partial charge in [-0.3, -0.25) is 9.59 Å². The molecule has 1 aromatic carbocycles. The van der Waals surface area contributed by atoms with Crippen LogP contribution in [0, 0.1) is 6.92 Å². The van der Waals surface area contributed by atoms with Crippen LogP contribution in [0.2, 0.25) is 0 Å². The van der Waals surface area contributed by atoms with Gasteiger partial charge in [-0.15, -0.1) is 0 Å². The van der Waals surface area contributed by atoms with E-state index in [-0.39, 0.29) is 17.3 Å². The van der Waals surface area contributed by atoms with Gasteiger partial charge in [-0.25, -0.2) is 9.67 Å². The number of carbonyl (C=O) groups is 2. The first kappa shape index (κ1) is 21.5. The summed E-state index contributed by atoms with van der Waals surface area (Å²) in [4.78, 5) is 31.1. The van der Waals surface area contributed by atoms with Crippen molar-refractivity contribution in [1.82, 2.24) is 20.1 Å². The SMILES string of the molecule is Cc1c(C(=O)NC(C)C(=O)N2CCc3ccccc32)cnn1-c1ccc(C(F)(F)F)cn1. The molecule has 1 aliphatic rings. The van der Waals surface area contributed by atoms with Gasteiger partial charge in [0, 0.05) is 18.4 Å². The van der Waals surface area contributed by atoms with Gasteiger partial charge in [0.15, 0.2) is 5.82 Å². The number of hydrogen-bond donors (Lipinski definition) is 1. The third kappa shape index (κ3) is 3.95. The van der Waals surface area contributed by atoms with Crippen LogP contribution < -0.4 is 10.2 Å². The van der Waals surface area contributed by atoms with Gasteiger partial charge in [-0.2, -0.15) is 18.3 Å². The van der Waals surface area contributed by atoms with E-state index in [4.69, 9.17) is 0 Å². The molecular weight excluding hydrogens is 423 g/mol. The van der Waals surface area contributed by atoms with E-state index >= 15 is 0 Å². The van der Waals surface area contributed by atoms with Gasteiger partial charge in [0.05, 0.1) is 23.0 Å². The summed E-state index contributed by atoms with van der Waals surface area (Å²) in [5.74, 6) is -0.584. The molecule has 3 heterocycles. The largest absolute Gasteiger partial charge is 0.417 e. The average molecular weight is 443 g/mol. The van der Waals surface area contributed by atoms with Crippen LogP contribution in [0.1, 0.15) is 34.1 Å². The predicted octanol–water partition coefficient (Wildman–Crippen LogP) is 3.30. The fourth-order valence-corrected chi connectivity index (χ4v) is 3.68. The van der Waals surface area contributed by atoms with E-state index in [0.717, 1.165) is 23.7 Å². The van der Waals surface area contributed by atoms with E-state index in [1.807, 2.05) is 24.3 Å². The van der Waals surface area contributed by atoms with Crippen LogP contribution in [-0.2, 0) is 17.4 Å². The normalized spacial score (nSPS) is 14.2. The Balaban J connectivity index is 1.48. The highest BCUT2D eigenvalue weighted by atomic mass is 19.4. The summed E-state index contributed by atoms with van der Waals surface area (Å²) < 4.78 is 39.5. The van der Waals surface area contributed by atoms with Crippen molar-refractivity contribution in [2.75, 3.05) is 11.4 Å². The second-order valence-electron chi connectivity index (χ2n) is 7.52. The highest BCUT2D eigenvalue weighted by molar-refractivity contribution is 6.03. The number of pyridine rings is 1. The number of amides is 2. The van der Waals surface area contributed by atoms with E-state index in [0.29, 0.717) is 18.4 Å². The zero-order valence-electron chi connectivity index (χ0n) is 17.3. The molecule has 32 heavy (non-hydrogen) atoms. The molecule has 4 rings (SSSR count). The second-order valence-corrected chi connectivity index (χ2v) is 7.52. The maximum absolute atomic E-state index is 12.9. The van der Waals surface area contributed by atoms with E-state index in [9.17, 15) is 22.8 Å². The minimum Gasteiger partial charge on any atom is -0.340 e. The number of fused-ring (bicyclic) bond motifs is 1. The summed E-state index contributed by atoms with van der Waals surface area (Å²) in [5.41, 5.74) is 1.64. The number of rotatable bonds is 4. The molecule has 7 nitrogen and oxygen atoms in total. The third-order valence-corrected chi connectivity index (χ3v) is 5.42. The maximum atomic E-state index is 12.9. The fraction of sp³-hybridized carbons (Fsp3) is 0.273. The topological polar surface area (TPSA) is 80.1 Å². The minimum atomic E-state index is -4.49. The first-order valence-electron chi connectivity index (χ1n) is 9.95. The number of para-hydroxylation sites is 1. The summed E-state index contributed by atoms with van der Waals surface area (Å²) in [6.07, 6.45) is -1.72. The fourth-order valence-electron chi connectivity index (χ4n) is 3.68. The van der Waals surface area contributed by atoms with Crippen molar-refractivity contribution in [3.05, 3.63) is 71.2 Å². The highest BCUT2D eigenvalue weighted by Gasteiger charge is 2.31. The lowest BCUT2D eigenvalue weighted by Crippen LogP contribution is -2.46. The van der Waals surface area contributed by atoms with Crippen LogP contribution >= 0.6 is 0 Å². The van der Waals surface area contributed by atoms with Crippen LogP contribution in [0.15, 0.2) is 48.8 Å². The zero-order valence-corrected chi connectivity index (χ0v) is 17.3. The Morgan fingerprint density at radius 1 is 1.12 bits per heavy atom. The van der Waals surface area contributed by atoms with E-state index < -0.39 is 23.7 Å². The molecule has 1 N–H and O–H groups in total. The number of nitrogens with zero attached hydrogens (tertiary/aromatic N) is 4. The molecule has 0 aliphatic carbocycles. The number of aromatic nitrogens is 3. The molecule has 1 atom stereocenters. The lowest BCUT2D eigenvalue weighted by atomic mass is 10.2. The Bertz CT molecular complexity index is 1170. The molecule has 0 radical (unpaired) electrons. The third-order valence-electron chi connectivity index (χ3n) is 5.42. The van der Waals surface area contributed by atoms with Gasteiger partial charge in [0.1, 0.15) is 6.04 Å². The van der Waals surface area contributed by atoms with Crippen LogP contribution in [0.4, 0.5) is 18.9 Å². The Labute approximate surface area is 181 Å². The zero-order chi connectivity index (χ0) is 23.0. The highest BCUT2D eigenvalue weighted by Crippen LogP contribution is 2.29. The molecular formula is C22H20F3N5O2. The van der Waals surface area contributed by atoms with Crippen molar-refractivity contribution < 1.29 is 22.8 Å². The lowest BCUT2D eigenvalue weighted by Gasteiger charge is -2.22. The van der Waals surface area contributed by atoms with Gasteiger partial charge in [0.25, 0.3) is 5.91 Å². The maximum Gasteiger partial charge on any atom is 0.417 e. The van der Waals surface area contributed by atoms with E-state index in [1.54, 1.807) is 18.7 Å². The Morgan fingerprint density at radius 3 is 2.56 bits per heavy atom. The van der Waals surface area contributed by atoms with Gasteiger partial charge in [0.2, 0.25) is 5.91 Å². The standard InChI is InChI=1S/C22H20F3N5O2/c1-13(21(32)29-10-9-15-5-3-4-6-18(15)29)28-20(31)17-12-27-30(14(17)2)19-8-7-16(11-26-19)22(23,24)25/h3-8,11-13H,9-10H2,1-2H3,(H,28,31). The van der Waals surface area contributed by atoms with Gasteiger partial charge >= 0.3 is 6.18 Å². The van der Waals surface area contributed by atoms with Gasteiger partial charge in [-0.1, -0.05) is 18.2 Å². The van der Waals surface area contributed by atoms with Crippen molar-refractivity contribution in [3.63, 3.8) is 0 Å². The molecule has 166 valence electrons. The minimum absolute atomic E-state index is 0.146. The van der Waals surface area contributed by atoms with Crippen molar-refractivity contribution in [2.45, 2.75) is 32.5 Å². The summed E-state index contributed by atoms with van der Waals surface area (Å²) in [6, 6.07) is 8.93. The second kappa shape index (κ2) is 8.10. The Morgan fingerprint density at radius 2 is 1.88 bits per heavy atom. The number of nitrogens with one attached hydrogen (secondary N) is 1. The number of alkyl halides is 3. The Kier molecular flexibility index (Phi) is 5.45. The molecule has 0 saturated heterocycles. The van der Waals surface area contributed by atoms with Crippen molar-refractivity contribution >= 4 is 17.5 Å². The smallest absolute Gasteiger partial charge is 0.340 e. The van der Waals surface area contributed by atoms with E-state index in [1.165, 1.54) is 16.9 Å². The molecule has 3 aromatic rings. The number of benzene rings is 1. The van der Waals surface area contributed by atoms with Gasteiger partial charge < -0.3 is 10.2 Å². The monoisotopic (exact) mass is 443 g/mol. The predicted molar refractivity (Wildman–Crippen MR) is 111 cm³/mol. The molecule has 1 aliphatic heterocycles. The Hall–Kier alpha value is -3.69. The number of carbonyl (C=O) groups excluding carboxylic acids is 2. The van der Waals surface area contributed by atoms with Crippen LogP contribution in [0.25, 0.3) is 5.82 Å². The molecule has 0 saturated carbocycles. The van der Waals surface area contributed by atoms with Crippen molar-refractivity contribution in [1.29, 1.82) is 0 Å². The molecule has 1 unspecified atom stereocenters.